The molecule has 0 bridgehead atoms. The van der Waals surface area contributed by atoms with Gasteiger partial charge in [-0.2, -0.15) is 0 Å². The summed E-state index contributed by atoms with van der Waals surface area (Å²) in [4.78, 5) is 9.84. The Morgan fingerprint density at radius 2 is 2.10 bits per heavy atom. The molecule has 0 saturated carbocycles. The van der Waals surface area contributed by atoms with Crippen LogP contribution in [-0.2, 0) is 14.8 Å². The van der Waals surface area contributed by atoms with Crippen molar-refractivity contribution in [3.63, 3.8) is 0 Å². The number of nitrogens with one attached hydrogen (secondary N) is 1. The SMILES string of the molecule is CC(C)COCCNS(=O)(=O)c1ccc([N+](=O)[O-])c(N)c1. The highest BCUT2D eigenvalue weighted by Crippen LogP contribution is 2.24. The second-order valence-corrected chi connectivity index (χ2v) is 6.61. The Hall–Kier alpha value is -1.71. The number of nitro groups is 1. The highest BCUT2D eigenvalue weighted by Gasteiger charge is 2.18. The number of hydrogen-bond acceptors (Lipinski definition) is 6. The zero-order chi connectivity index (χ0) is 16.0. The molecule has 0 aliphatic rings. The van der Waals surface area contributed by atoms with Gasteiger partial charge in [-0.1, -0.05) is 13.8 Å². The molecule has 0 radical (unpaired) electrons. The topological polar surface area (TPSA) is 125 Å². The maximum Gasteiger partial charge on any atom is 0.292 e. The molecule has 0 spiro atoms. The molecule has 0 aliphatic carbocycles. The van der Waals surface area contributed by atoms with E-state index in [0.29, 0.717) is 12.5 Å². The van der Waals surface area contributed by atoms with E-state index in [1.54, 1.807) is 0 Å². The van der Waals surface area contributed by atoms with Crippen molar-refractivity contribution < 1.29 is 18.1 Å². The molecule has 0 atom stereocenters. The fourth-order valence-corrected chi connectivity index (χ4v) is 2.56. The van der Waals surface area contributed by atoms with E-state index in [0.717, 1.165) is 18.2 Å². The van der Waals surface area contributed by atoms with Crippen molar-refractivity contribution in [2.45, 2.75) is 18.7 Å². The van der Waals surface area contributed by atoms with Gasteiger partial charge in [0.15, 0.2) is 0 Å². The Morgan fingerprint density at radius 1 is 1.43 bits per heavy atom. The predicted octanol–water partition coefficient (Wildman–Crippen LogP) is 1.13. The van der Waals surface area contributed by atoms with Gasteiger partial charge in [-0.05, 0) is 18.1 Å². The smallest absolute Gasteiger partial charge is 0.292 e. The van der Waals surface area contributed by atoms with E-state index in [-0.39, 0.29) is 29.4 Å². The summed E-state index contributed by atoms with van der Waals surface area (Å²) in [5.74, 6) is 0.371. The van der Waals surface area contributed by atoms with E-state index < -0.39 is 14.9 Å². The van der Waals surface area contributed by atoms with Gasteiger partial charge >= 0.3 is 0 Å². The van der Waals surface area contributed by atoms with Crippen LogP contribution in [-0.4, -0.2) is 33.1 Å². The second kappa shape index (κ2) is 7.34. The van der Waals surface area contributed by atoms with Crippen molar-refractivity contribution in [2.24, 2.45) is 5.92 Å². The fourth-order valence-electron chi connectivity index (χ4n) is 1.52. The molecule has 118 valence electrons. The third kappa shape index (κ3) is 5.29. The van der Waals surface area contributed by atoms with Crippen LogP contribution in [0.25, 0.3) is 0 Å². The van der Waals surface area contributed by atoms with Crippen LogP contribution in [0, 0.1) is 16.0 Å². The first-order valence-electron chi connectivity index (χ1n) is 6.35. The Kier molecular flexibility index (Phi) is 6.06. The van der Waals surface area contributed by atoms with Crippen molar-refractivity contribution >= 4 is 21.4 Å². The quantitative estimate of drug-likeness (QED) is 0.320. The first kappa shape index (κ1) is 17.3. The van der Waals surface area contributed by atoms with Crippen LogP contribution in [0.1, 0.15) is 13.8 Å². The number of hydrogen-bond donors (Lipinski definition) is 2. The van der Waals surface area contributed by atoms with Gasteiger partial charge in [-0.25, -0.2) is 13.1 Å². The van der Waals surface area contributed by atoms with Crippen molar-refractivity contribution in [1.29, 1.82) is 0 Å². The van der Waals surface area contributed by atoms with E-state index in [9.17, 15) is 18.5 Å². The zero-order valence-corrected chi connectivity index (χ0v) is 12.7. The van der Waals surface area contributed by atoms with Crippen LogP contribution < -0.4 is 10.5 Å². The Labute approximate surface area is 123 Å². The third-order valence-corrected chi connectivity index (χ3v) is 3.95. The summed E-state index contributed by atoms with van der Waals surface area (Å²) in [6.07, 6.45) is 0. The summed E-state index contributed by atoms with van der Waals surface area (Å²) >= 11 is 0. The minimum Gasteiger partial charge on any atom is -0.393 e. The van der Waals surface area contributed by atoms with Gasteiger partial charge in [0.25, 0.3) is 5.69 Å². The molecule has 1 rings (SSSR count). The molecule has 0 fully saturated rings. The number of nitrogen functional groups attached to an aromatic ring is 1. The minimum absolute atomic E-state index is 0.116. The van der Waals surface area contributed by atoms with Crippen LogP contribution in [0.2, 0.25) is 0 Å². The predicted molar refractivity (Wildman–Crippen MR) is 78.4 cm³/mol. The van der Waals surface area contributed by atoms with Crippen LogP contribution in [0.15, 0.2) is 23.1 Å². The van der Waals surface area contributed by atoms with Crippen LogP contribution >= 0.6 is 0 Å². The van der Waals surface area contributed by atoms with E-state index in [4.69, 9.17) is 10.5 Å². The summed E-state index contributed by atoms with van der Waals surface area (Å²) in [5, 5.41) is 10.6. The van der Waals surface area contributed by atoms with Gasteiger partial charge in [0.05, 0.1) is 16.4 Å². The normalized spacial score (nSPS) is 11.8. The lowest BCUT2D eigenvalue weighted by atomic mass is 10.2. The number of benzene rings is 1. The Bertz CT molecular complexity index is 601. The van der Waals surface area contributed by atoms with Crippen molar-refractivity contribution in [3.05, 3.63) is 28.3 Å². The number of nitrogens with two attached hydrogens (primary N) is 1. The third-order valence-electron chi connectivity index (χ3n) is 2.50. The number of ether oxygens (including phenoxy) is 1. The number of nitro benzene ring substituents is 1. The molecule has 1 aromatic carbocycles. The lowest BCUT2D eigenvalue weighted by Crippen LogP contribution is -2.28. The molecule has 9 heteroatoms. The van der Waals surface area contributed by atoms with E-state index in [1.165, 1.54) is 0 Å². The molecule has 0 saturated heterocycles. The van der Waals surface area contributed by atoms with Gasteiger partial charge in [0.2, 0.25) is 10.0 Å². The van der Waals surface area contributed by atoms with Gasteiger partial charge in [0.1, 0.15) is 5.69 Å². The lowest BCUT2D eigenvalue weighted by Gasteiger charge is -2.09. The second-order valence-electron chi connectivity index (χ2n) is 4.84. The number of anilines is 1. The van der Waals surface area contributed by atoms with Crippen LogP contribution in [0.5, 0.6) is 0 Å². The Morgan fingerprint density at radius 3 is 2.62 bits per heavy atom. The van der Waals surface area contributed by atoms with Crippen molar-refractivity contribution in [1.82, 2.24) is 4.72 Å². The molecule has 21 heavy (non-hydrogen) atoms. The molecule has 1 aromatic rings. The molecule has 0 heterocycles. The summed E-state index contributed by atoms with van der Waals surface area (Å²) in [7, 11) is -3.76. The average Bonchev–Trinajstić information content (AvgIpc) is 2.37. The Balaban J connectivity index is 2.66. The zero-order valence-electron chi connectivity index (χ0n) is 11.9. The van der Waals surface area contributed by atoms with E-state index in [2.05, 4.69) is 4.72 Å². The number of sulfonamides is 1. The van der Waals surface area contributed by atoms with Gasteiger partial charge in [0, 0.05) is 19.2 Å². The molecule has 0 unspecified atom stereocenters. The van der Waals surface area contributed by atoms with Crippen molar-refractivity contribution in [2.75, 3.05) is 25.5 Å². The number of rotatable bonds is 8. The molecule has 8 nitrogen and oxygen atoms in total. The fraction of sp³-hybridized carbons (Fsp3) is 0.500. The van der Waals surface area contributed by atoms with Gasteiger partial charge in [-0.3, -0.25) is 10.1 Å². The average molecular weight is 317 g/mol. The molecule has 0 aliphatic heterocycles. The highest BCUT2D eigenvalue weighted by molar-refractivity contribution is 7.89. The minimum atomic E-state index is -3.76. The summed E-state index contributed by atoms with van der Waals surface area (Å²) in [5.41, 5.74) is 4.95. The van der Waals surface area contributed by atoms with Crippen LogP contribution in [0.3, 0.4) is 0 Å². The summed E-state index contributed by atoms with van der Waals surface area (Å²) in [6.45, 7) is 4.89. The summed E-state index contributed by atoms with van der Waals surface area (Å²) in [6, 6.07) is 3.28. The van der Waals surface area contributed by atoms with E-state index in [1.807, 2.05) is 13.8 Å². The van der Waals surface area contributed by atoms with Gasteiger partial charge in [-0.15, -0.1) is 0 Å². The molecule has 0 amide bonds. The number of nitrogens with zero attached hydrogens (tertiary/aromatic N) is 1. The van der Waals surface area contributed by atoms with Crippen molar-refractivity contribution in [3.8, 4) is 0 Å². The molecular weight excluding hydrogens is 298 g/mol. The molecular formula is C12H19N3O5S. The van der Waals surface area contributed by atoms with Crippen LogP contribution in [0.4, 0.5) is 11.4 Å². The van der Waals surface area contributed by atoms with Gasteiger partial charge < -0.3 is 10.5 Å². The first-order valence-corrected chi connectivity index (χ1v) is 7.83. The highest BCUT2D eigenvalue weighted by atomic mass is 32.2. The maximum atomic E-state index is 12.0. The monoisotopic (exact) mass is 317 g/mol. The standard InChI is InChI=1S/C12H19N3O5S/c1-9(2)8-20-6-5-14-21(18,19)10-3-4-12(15(16)17)11(13)7-10/h3-4,7,9,14H,5-6,8,13H2,1-2H3. The van der Waals surface area contributed by atoms with E-state index >= 15 is 0 Å². The maximum absolute atomic E-state index is 12.0. The molecule has 3 N–H and O–H groups in total. The first-order chi connectivity index (χ1) is 9.74. The lowest BCUT2D eigenvalue weighted by molar-refractivity contribution is -0.383. The largest absolute Gasteiger partial charge is 0.393 e. The molecule has 0 aromatic heterocycles. The summed E-state index contributed by atoms with van der Waals surface area (Å²) < 4.78 is 31.5.